The summed E-state index contributed by atoms with van der Waals surface area (Å²) in [6, 6.07) is 8.05. The Balaban J connectivity index is 1.23. The minimum atomic E-state index is -0.159. The molecule has 2 aliphatic rings. The van der Waals surface area contributed by atoms with Crippen molar-refractivity contribution in [2.45, 2.75) is 31.7 Å². The van der Waals surface area contributed by atoms with E-state index >= 15 is 0 Å². The second kappa shape index (κ2) is 8.04. The monoisotopic (exact) mass is 381 g/mol. The van der Waals surface area contributed by atoms with Crippen LogP contribution in [0.3, 0.4) is 0 Å². The van der Waals surface area contributed by atoms with Crippen molar-refractivity contribution in [1.82, 2.24) is 24.9 Å². The van der Waals surface area contributed by atoms with E-state index in [0.717, 1.165) is 32.4 Å². The van der Waals surface area contributed by atoms with Crippen LogP contribution < -0.4 is 5.32 Å². The van der Waals surface area contributed by atoms with E-state index < -0.39 is 0 Å². The van der Waals surface area contributed by atoms with Crippen molar-refractivity contribution in [2.75, 3.05) is 26.2 Å². The van der Waals surface area contributed by atoms with Crippen molar-refractivity contribution in [3.8, 4) is 0 Å². The summed E-state index contributed by atoms with van der Waals surface area (Å²) in [5, 5.41) is 7.05. The zero-order valence-corrected chi connectivity index (χ0v) is 16.3. The second-order valence-corrected chi connectivity index (χ2v) is 7.70. The Labute approximate surface area is 165 Å². The molecule has 3 amide bonds. The lowest BCUT2D eigenvalue weighted by Gasteiger charge is -2.32. The van der Waals surface area contributed by atoms with Crippen LogP contribution in [0.15, 0.2) is 36.7 Å². The van der Waals surface area contributed by atoms with Crippen molar-refractivity contribution >= 4 is 11.9 Å². The maximum absolute atomic E-state index is 12.5. The molecule has 3 heterocycles. The Morgan fingerprint density at radius 1 is 1.11 bits per heavy atom. The molecule has 7 nitrogen and oxygen atoms in total. The van der Waals surface area contributed by atoms with Crippen molar-refractivity contribution in [1.29, 1.82) is 0 Å². The lowest BCUT2D eigenvalue weighted by Crippen LogP contribution is -2.48. The molecule has 7 heteroatoms. The van der Waals surface area contributed by atoms with Gasteiger partial charge >= 0.3 is 6.03 Å². The molecule has 0 radical (unpaired) electrons. The van der Waals surface area contributed by atoms with E-state index in [2.05, 4.69) is 28.7 Å². The number of aromatic nitrogens is 2. The molecule has 0 aliphatic carbocycles. The quantitative estimate of drug-likeness (QED) is 0.883. The number of nitrogens with one attached hydrogen (secondary N) is 1. The maximum Gasteiger partial charge on any atom is 0.318 e. The summed E-state index contributed by atoms with van der Waals surface area (Å²) < 4.78 is 1.82. The van der Waals surface area contributed by atoms with E-state index in [1.807, 2.05) is 35.0 Å². The third kappa shape index (κ3) is 4.03. The van der Waals surface area contributed by atoms with E-state index in [4.69, 9.17) is 0 Å². The minimum Gasteiger partial charge on any atom is -0.341 e. The van der Waals surface area contributed by atoms with Crippen LogP contribution in [-0.4, -0.2) is 57.7 Å². The molecule has 4 rings (SSSR count). The summed E-state index contributed by atoms with van der Waals surface area (Å²) in [7, 11) is 1.92. The summed E-state index contributed by atoms with van der Waals surface area (Å²) >= 11 is 0. The Hall–Kier alpha value is -2.83. The van der Waals surface area contributed by atoms with Crippen LogP contribution >= 0.6 is 0 Å². The van der Waals surface area contributed by atoms with Crippen molar-refractivity contribution < 1.29 is 9.59 Å². The van der Waals surface area contributed by atoms with E-state index in [1.165, 1.54) is 16.7 Å². The van der Waals surface area contributed by atoms with Gasteiger partial charge in [0.15, 0.2) is 0 Å². The fourth-order valence-electron chi connectivity index (χ4n) is 4.16. The van der Waals surface area contributed by atoms with E-state index in [-0.39, 0.29) is 18.5 Å². The van der Waals surface area contributed by atoms with Crippen LogP contribution in [-0.2, 0) is 24.8 Å². The van der Waals surface area contributed by atoms with Crippen molar-refractivity contribution in [3.05, 3.63) is 53.3 Å². The molecule has 1 fully saturated rings. The lowest BCUT2D eigenvalue weighted by molar-refractivity contribution is -0.131. The zero-order chi connectivity index (χ0) is 19.5. The number of benzene rings is 1. The molecule has 2 aliphatic heterocycles. The Kier molecular flexibility index (Phi) is 5.32. The molecule has 0 unspecified atom stereocenters. The number of rotatable bonds is 3. The number of likely N-dealkylation sites (tertiary alicyclic amines) is 1. The molecule has 0 saturated carbocycles. The van der Waals surface area contributed by atoms with Gasteiger partial charge in [-0.2, -0.15) is 5.10 Å². The number of fused-ring (bicyclic) bond motifs is 1. The molecule has 1 aromatic carbocycles. The standard InChI is InChI=1S/C21H27N5O2/c1-24-14-19(12-23-24)17-6-9-25(10-7-17)20(27)13-22-21(28)26-11-8-16-4-2-3-5-18(16)15-26/h2-5,12,14,17H,6-11,13,15H2,1H3,(H,22,28). The predicted molar refractivity (Wildman–Crippen MR) is 106 cm³/mol. The van der Waals surface area contributed by atoms with Crippen LogP contribution in [0.4, 0.5) is 4.79 Å². The topological polar surface area (TPSA) is 70.5 Å². The van der Waals surface area contributed by atoms with Crippen molar-refractivity contribution in [2.24, 2.45) is 7.05 Å². The number of aryl methyl sites for hydroxylation is 1. The van der Waals surface area contributed by atoms with Crippen LogP contribution in [0.2, 0.25) is 0 Å². The normalized spacial score (nSPS) is 17.3. The number of nitrogens with zero attached hydrogens (tertiary/aromatic N) is 4. The summed E-state index contributed by atoms with van der Waals surface area (Å²) in [6.45, 7) is 2.81. The van der Waals surface area contributed by atoms with Crippen LogP contribution in [0.1, 0.15) is 35.4 Å². The van der Waals surface area contributed by atoms with Gasteiger partial charge in [0.05, 0.1) is 12.7 Å². The smallest absolute Gasteiger partial charge is 0.318 e. The molecule has 148 valence electrons. The summed E-state index contributed by atoms with van der Waals surface area (Å²) in [5.41, 5.74) is 3.74. The number of hydrogen-bond donors (Lipinski definition) is 1. The predicted octanol–water partition coefficient (Wildman–Crippen LogP) is 1.89. The SMILES string of the molecule is Cn1cc(C2CCN(C(=O)CNC(=O)N3CCc4ccccc4C3)CC2)cn1. The third-order valence-corrected chi connectivity index (χ3v) is 5.85. The van der Waals surface area contributed by atoms with Gasteiger partial charge in [0.25, 0.3) is 0 Å². The zero-order valence-electron chi connectivity index (χ0n) is 16.3. The molecular weight excluding hydrogens is 354 g/mol. The molecule has 2 aromatic rings. The molecule has 28 heavy (non-hydrogen) atoms. The van der Waals surface area contributed by atoms with Gasteiger partial charge in [-0.3, -0.25) is 9.48 Å². The van der Waals surface area contributed by atoms with Gasteiger partial charge in [0, 0.05) is 39.4 Å². The van der Waals surface area contributed by atoms with E-state index in [0.29, 0.717) is 19.0 Å². The van der Waals surface area contributed by atoms with Crippen LogP contribution in [0.5, 0.6) is 0 Å². The van der Waals surface area contributed by atoms with E-state index in [1.54, 1.807) is 4.90 Å². The highest BCUT2D eigenvalue weighted by Crippen LogP contribution is 2.27. The van der Waals surface area contributed by atoms with Crippen LogP contribution in [0, 0.1) is 0 Å². The highest BCUT2D eigenvalue weighted by atomic mass is 16.2. The molecule has 1 aromatic heterocycles. The van der Waals surface area contributed by atoms with Gasteiger partial charge in [-0.1, -0.05) is 24.3 Å². The molecule has 0 atom stereocenters. The number of hydrogen-bond acceptors (Lipinski definition) is 3. The molecule has 1 saturated heterocycles. The Bertz CT molecular complexity index is 854. The van der Waals surface area contributed by atoms with Gasteiger partial charge in [-0.25, -0.2) is 4.79 Å². The van der Waals surface area contributed by atoms with Gasteiger partial charge in [0.2, 0.25) is 5.91 Å². The highest BCUT2D eigenvalue weighted by Gasteiger charge is 2.26. The number of amides is 3. The van der Waals surface area contributed by atoms with Gasteiger partial charge in [-0.05, 0) is 41.9 Å². The molecule has 0 bridgehead atoms. The van der Waals surface area contributed by atoms with Crippen LogP contribution in [0.25, 0.3) is 0 Å². The first kappa shape index (κ1) is 18.5. The first-order valence-corrected chi connectivity index (χ1v) is 9.96. The summed E-state index contributed by atoms with van der Waals surface area (Å²) in [5.74, 6) is 0.455. The number of piperidine rings is 1. The first-order valence-electron chi connectivity index (χ1n) is 9.96. The molecule has 0 spiro atoms. The number of urea groups is 1. The number of carbonyl (C=O) groups is 2. The second-order valence-electron chi connectivity index (χ2n) is 7.70. The Morgan fingerprint density at radius 3 is 2.57 bits per heavy atom. The fraction of sp³-hybridized carbons (Fsp3) is 0.476. The third-order valence-electron chi connectivity index (χ3n) is 5.85. The summed E-state index contributed by atoms with van der Waals surface area (Å²) in [4.78, 5) is 28.6. The summed E-state index contributed by atoms with van der Waals surface area (Å²) in [6.07, 6.45) is 6.71. The largest absolute Gasteiger partial charge is 0.341 e. The fourth-order valence-corrected chi connectivity index (χ4v) is 4.16. The van der Waals surface area contributed by atoms with Gasteiger partial charge < -0.3 is 15.1 Å². The lowest BCUT2D eigenvalue weighted by atomic mass is 9.91. The van der Waals surface area contributed by atoms with Gasteiger partial charge in [0.1, 0.15) is 0 Å². The molecule has 1 N–H and O–H groups in total. The minimum absolute atomic E-state index is 0.00426. The van der Waals surface area contributed by atoms with Gasteiger partial charge in [-0.15, -0.1) is 0 Å². The average Bonchev–Trinajstić information content (AvgIpc) is 3.17. The van der Waals surface area contributed by atoms with Crippen molar-refractivity contribution in [3.63, 3.8) is 0 Å². The Morgan fingerprint density at radius 2 is 1.86 bits per heavy atom. The molecular formula is C21H27N5O2. The number of carbonyl (C=O) groups excluding carboxylic acids is 2. The maximum atomic E-state index is 12.5. The highest BCUT2D eigenvalue weighted by molar-refractivity contribution is 5.84. The van der Waals surface area contributed by atoms with E-state index in [9.17, 15) is 9.59 Å². The first-order chi connectivity index (χ1) is 13.6. The average molecular weight is 381 g/mol.